The van der Waals surface area contributed by atoms with E-state index in [9.17, 15) is 4.79 Å². The van der Waals surface area contributed by atoms with Crippen LogP contribution in [0.25, 0.3) is 0 Å². The zero-order chi connectivity index (χ0) is 7.61. The van der Waals surface area contributed by atoms with Gasteiger partial charge in [0.15, 0.2) is 0 Å². The predicted molar refractivity (Wildman–Crippen MR) is 45.6 cm³/mol. The molecule has 0 aromatic carbocycles. The molecule has 0 saturated heterocycles. The van der Waals surface area contributed by atoms with Crippen LogP contribution in [0.5, 0.6) is 0 Å². The first kappa shape index (κ1) is 8.53. The molecule has 1 rings (SSSR count). The van der Waals surface area contributed by atoms with E-state index in [1.54, 1.807) is 0 Å². The number of carbonyl (C=O) groups is 1. The van der Waals surface area contributed by atoms with E-state index in [0.29, 0.717) is 6.47 Å². The summed E-state index contributed by atoms with van der Waals surface area (Å²) in [6.45, 7) is 0.526. The number of rotatable bonds is 4. The first-order valence-corrected chi connectivity index (χ1v) is 5.24. The fraction of sp³-hybridized carbons (Fsp3) is 0.833. The van der Waals surface area contributed by atoms with E-state index < -0.39 is 0 Å². The van der Waals surface area contributed by atoms with E-state index in [-0.39, 0.29) is 11.5 Å². The van der Waals surface area contributed by atoms with Crippen LogP contribution in [0.15, 0.2) is 0 Å². The van der Waals surface area contributed by atoms with Gasteiger partial charge in [0.25, 0.3) is 6.47 Å². The molecule has 1 fully saturated rings. The third-order valence-corrected chi connectivity index (χ3v) is 4.10. The van der Waals surface area contributed by atoms with Gasteiger partial charge in [-0.3, -0.25) is 4.79 Å². The largest absolute Gasteiger partial charge is 0.464 e. The van der Waals surface area contributed by atoms with Gasteiger partial charge in [-0.2, -0.15) is 0 Å². The van der Waals surface area contributed by atoms with Crippen LogP contribution < -0.4 is 0 Å². The molecule has 0 spiro atoms. The molecule has 0 bridgehead atoms. The van der Waals surface area contributed by atoms with E-state index in [2.05, 4.69) is 31.9 Å². The van der Waals surface area contributed by atoms with Gasteiger partial charge in [0.05, 0.1) is 0 Å². The Kier molecular flexibility index (Phi) is 2.74. The molecular weight excluding hydrogens is 264 g/mol. The minimum atomic E-state index is 0.128. The molecule has 1 saturated carbocycles. The normalized spacial score (nSPS) is 27.6. The number of hydrogen-bond acceptors (Lipinski definition) is 2. The predicted octanol–water partition coefficient (Wildman–Crippen LogP) is 1.71. The molecule has 0 amide bonds. The van der Waals surface area contributed by atoms with Gasteiger partial charge in [-0.15, -0.1) is 0 Å². The summed E-state index contributed by atoms with van der Waals surface area (Å²) in [5.41, 5.74) is 0.181. The summed E-state index contributed by atoms with van der Waals surface area (Å²) >= 11 is 6.76. The first-order valence-electron chi connectivity index (χ1n) is 3.00. The standard InChI is InChI=1S/C6H8Br2O2/c7-2-6(3-8)1-5(6)10-4-9/h4-5H,1-3H2. The van der Waals surface area contributed by atoms with E-state index in [1.807, 2.05) is 0 Å². The van der Waals surface area contributed by atoms with E-state index in [1.165, 1.54) is 0 Å². The van der Waals surface area contributed by atoms with Crippen molar-refractivity contribution in [3.63, 3.8) is 0 Å². The van der Waals surface area contributed by atoms with Crippen molar-refractivity contribution in [1.29, 1.82) is 0 Å². The second-order valence-corrected chi connectivity index (χ2v) is 3.68. The summed E-state index contributed by atoms with van der Waals surface area (Å²) < 4.78 is 4.81. The van der Waals surface area contributed by atoms with Gasteiger partial charge in [-0.1, -0.05) is 31.9 Å². The Morgan fingerprint density at radius 1 is 1.60 bits per heavy atom. The van der Waals surface area contributed by atoms with Crippen LogP contribution in [0.1, 0.15) is 6.42 Å². The number of alkyl halides is 2. The maximum atomic E-state index is 9.92. The van der Waals surface area contributed by atoms with Crippen molar-refractivity contribution in [2.24, 2.45) is 5.41 Å². The van der Waals surface area contributed by atoms with Crippen LogP contribution in [0.3, 0.4) is 0 Å². The molecule has 58 valence electrons. The maximum Gasteiger partial charge on any atom is 0.293 e. The summed E-state index contributed by atoms with van der Waals surface area (Å²) in [5.74, 6) is 0. The smallest absolute Gasteiger partial charge is 0.293 e. The van der Waals surface area contributed by atoms with Crippen molar-refractivity contribution in [3.05, 3.63) is 0 Å². The lowest BCUT2D eigenvalue weighted by Crippen LogP contribution is -2.12. The average Bonchev–Trinajstić information content (AvgIpc) is 2.65. The van der Waals surface area contributed by atoms with E-state index in [0.717, 1.165) is 17.1 Å². The molecule has 1 aliphatic rings. The van der Waals surface area contributed by atoms with Crippen LogP contribution in [0.4, 0.5) is 0 Å². The average molecular weight is 272 g/mol. The van der Waals surface area contributed by atoms with Crippen molar-refractivity contribution < 1.29 is 9.53 Å². The van der Waals surface area contributed by atoms with E-state index >= 15 is 0 Å². The van der Waals surface area contributed by atoms with Crippen molar-refractivity contribution in [1.82, 2.24) is 0 Å². The molecule has 0 aromatic heterocycles. The van der Waals surface area contributed by atoms with Gasteiger partial charge in [0.1, 0.15) is 6.10 Å². The molecule has 0 heterocycles. The van der Waals surface area contributed by atoms with Crippen LogP contribution in [-0.4, -0.2) is 23.2 Å². The van der Waals surface area contributed by atoms with Gasteiger partial charge >= 0.3 is 0 Å². The number of hydrogen-bond donors (Lipinski definition) is 0. The SMILES string of the molecule is O=COC1CC1(CBr)CBr. The third-order valence-electron chi connectivity index (χ3n) is 1.87. The second kappa shape index (κ2) is 3.22. The topological polar surface area (TPSA) is 26.3 Å². The highest BCUT2D eigenvalue weighted by Gasteiger charge is 2.54. The number of ether oxygens (including phenoxy) is 1. The summed E-state index contributed by atoms with van der Waals surface area (Å²) in [5, 5.41) is 1.79. The van der Waals surface area contributed by atoms with Gasteiger partial charge in [0.2, 0.25) is 0 Å². The number of carbonyl (C=O) groups excluding carboxylic acids is 1. The molecular formula is C6H8Br2O2. The van der Waals surface area contributed by atoms with Crippen LogP contribution in [0, 0.1) is 5.41 Å². The Morgan fingerprint density at radius 3 is 2.50 bits per heavy atom. The fourth-order valence-corrected chi connectivity index (χ4v) is 3.00. The Morgan fingerprint density at radius 2 is 2.20 bits per heavy atom. The van der Waals surface area contributed by atoms with Gasteiger partial charge < -0.3 is 4.74 Å². The minimum Gasteiger partial charge on any atom is -0.464 e. The van der Waals surface area contributed by atoms with Crippen molar-refractivity contribution in [2.75, 3.05) is 10.7 Å². The molecule has 1 unspecified atom stereocenters. The zero-order valence-electron chi connectivity index (χ0n) is 5.35. The second-order valence-electron chi connectivity index (χ2n) is 2.55. The van der Waals surface area contributed by atoms with E-state index in [4.69, 9.17) is 4.74 Å². The molecule has 1 atom stereocenters. The lowest BCUT2D eigenvalue weighted by molar-refractivity contribution is -0.130. The highest BCUT2D eigenvalue weighted by molar-refractivity contribution is 9.09. The Hall–Kier alpha value is 0.430. The first-order chi connectivity index (χ1) is 4.79. The van der Waals surface area contributed by atoms with Gasteiger partial charge in [-0.25, -0.2) is 0 Å². The highest BCUT2D eigenvalue weighted by atomic mass is 79.9. The maximum absolute atomic E-state index is 9.92. The minimum absolute atomic E-state index is 0.128. The summed E-state index contributed by atoms with van der Waals surface area (Å²) in [7, 11) is 0. The van der Waals surface area contributed by atoms with Crippen molar-refractivity contribution >= 4 is 38.3 Å². The van der Waals surface area contributed by atoms with Crippen LogP contribution in [0.2, 0.25) is 0 Å². The lowest BCUT2D eigenvalue weighted by Gasteiger charge is -2.06. The Labute approximate surface area is 76.6 Å². The van der Waals surface area contributed by atoms with Crippen molar-refractivity contribution in [2.45, 2.75) is 12.5 Å². The zero-order valence-corrected chi connectivity index (χ0v) is 8.52. The molecule has 4 heteroatoms. The summed E-state index contributed by atoms with van der Waals surface area (Å²) in [4.78, 5) is 9.92. The molecule has 0 radical (unpaired) electrons. The Bertz CT molecular complexity index is 134. The molecule has 0 aliphatic heterocycles. The molecule has 0 N–H and O–H groups in total. The van der Waals surface area contributed by atoms with Gasteiger partial charge in [-0.05, 0) is 6.42 Å². The van der Waals surface area contributed by atoms with Crippen molar-refractivity contribution in [3.8, 4) is 0 Å². The lowest BCUT2D eigenvalue weighted by atomic mass is 10.2. The van der Waals surface area contributed by atoms with Crippen LogP contribution >= 0.6 is 31.9 Å². The number of halogens is 2. The highest BCUT2D eigenvalue weighted by Crippen LogP contribution is 2.50. The Balaban J connectivity index is 2.36. The molecule has 10 heavy (non-hydrogen) atoms. The monoisotopic (exact) mass is 270 g/mol. The van der Waals surface area contributed by atoms with Gasteiger partial charge in [0, 0.05) is 16.1 Å². The summed E-state index contributed by atoms with van der Waals surface area (Å²) in [6, 6.07) is 0. The molecule has 1 aliphatic carbocycles. The quantitative estimate of drug-likeness (QED) is 0.575. The molecule has 0 aromatic rings. The third kappa shape index (κ3) is 1.37. The fourth-order valence-electron chi connectivity index (χ4n) is 0.887. The summed E-state index contributed by atoms with van der Waals surface area (Å²) in [6.07, 6.45) is 1.10. The molecule has 2 nitrogen and oxygen atoms in total. The van der Waals surface area contributed by atoms with Crippen LogP contribution in [-0.2, 0) is 9.53 Å².